The Morgan fingerprint density at radius 2 is 2.00 bits per heavy atom. The summed E-state index contributed by atoms with van der Waals surface area (Å²) in [6.07, 6.45) is 7.73. The third-order valence-corrected chi connectivity index (χ3v) is 5.66. The Morgan fingerprint density at radius 1 is 1.25 bits per heavy atom. The number of ether oxygens (including phenoxy) is 1. The Bertz CT molecular complexity index is 553. The zero-order chi connectivity index (χ0) is 18.9. The van der Waals surface area contributed by atoms with Gasteiger partial charge in [-0.25, -0.2) is 0 Å². The first-order valence-corrected chi connectivity index (χ1v) is 10.6. The van der Waals surface area contributed by atoms with E-state index in [0.717, 1.165) is 57.5 Å². The summed E-state index contributed by atoms with van der Waals surface area (Å²) >= 11 is 0. The van der Waals surface area contributed by atoms with Crippen LogP contribution in [0.4, 0.5) is 0 Å². The third-order valence-electron chi connectivity index (χ3n) is 5.66. The number of hydrogen-bond donors (Lipinski definition) is 2. The van der Waals surface area contributed by atoms with Crippen LogP contribution in [0.2, 0.25) is 0 Å². The molecule has 1 aromatic rings. The lowest BCUT2D eigenvalue weighted by Crippen LogP contribution is -2.48. The largest absolute Gasteiger partial charge is 0.469 e. The summed E-state index contributed by atoms with van der Waals surface area (Å²) in [5, 5.41) is 7.18. The molecule has 0 aromatic carbocycles. The number of furan rings is 1. The van der Waals surface area contributed by atoms with E-state index in [1.54, 1.807) is 6.26 Å². The topological polar surface area (TPSA) is 62.0 Å². The maximum Gasteiger partial charge on any atom is 0.191 e. The molecule has 2 N–H and O–H groups in total. The van der Waals surface area contributed by atoms with Crippen molar-refractivity contribution in [2.75, 3.05) is 39.4 Å². The summed E-state index contributed by atoms with van der Waals surface area (Å²) in [5.74, 6) is 2.53. The van der Waals surface area contributed by atoms with Crippen LogP contribution in [0, 0.1) is 5.92 Å². The zero-order valence-corrected chi connectivity index (χ0v) is 19.7. The third kappa shape index (κ3) is 7.55. The predicted octanol–water partition coefficient (Wildman–Crippen LogP) is 3.27. The maximum atomic E-state index is 5.52. The minimum absolute atomic E-state index is 0. The van der Waals surface area contributed by atoms with Crippen molar-refractivity contribution in [2.24, 2.45) is 10.9 Å². The second-order valence-corrected chi connectivity index (χ2v) is 8.03. The van der Waals surface area contributed by atoms with Crippen LogP contribution in [-0.4, -0.2) is 62.3 Å². The number of nitrogens with one attached hydrogen (secondary N) is 2. The van der Waals surface area contributed by atoms with E-state index in [4.69, 9.17) is 14.1 Å². The van der Waals surface area contributed by atoms with E-state index in [-0.39, 0.29) is 24.0 Å². The molecule has 1 aliphatic heterocycles. The molecule has 7 heteroatoms. The van der Waals surface area contributed by atoms with Gasteiger partial charge < -0.3 is 19.8 Å². The van der Waals surface area contributed by atoms with Gasteiger partial charge in [-0.2, -0.15) is 0 Å². The second-order valence-electron chi connectivity index (χ2n) is 8.03. The molecule has 2 aliphatic rings. The Hall–Kier alpha value is -0.800. The van der Waals surface area contributed by atoms with Gasteiger partial charge in [0.2, 0.25) is 0 Å². The summed E-state index contributed by atoms with van der Waals surface area (Å²) in [7, 11) is 0. The molecule has 0 spiro atoms. The molecular weight excluding hydrogens is 467 g/mol. The Kier molecular flexibility index (Phi) is 10.6. The quantitative estimate of drug-likeness (QED) is 0.323. The van der Waals surface area contributed by atoms with E-state index >= 15 is 0 Å². The van der Waals surface area contributed by atoms with Crippen LogP contribution in [0.3, 0.4) is 0 Å². The minimum Gasteiger partial charge on any atom is -0.469 e. The lowest BCUT2D eigenvalue weighted by molar-refractivity contribution is 0.00867. The highest BCUT2D eigenvalue weighted by atomic mass is 127. The number of aliphatic imine (C=N–C) groups is 1. The van der Waals surface area contributed by atoms with E-state index in [1.807, 2.05) is 12.1 Å². The van der Waals surface area contributed by atoms with Crippen molar-refractivity contribution in [3.8, 4) is 0 Å². The number of halogens is 1. The van der Waals surface area contributed by atoms with Crippen molar-refractivity contribution in [3.63, 3.8) is 0 Å². The van der Waals surface area contributed by atoms with Gasteiger partial charge >= 0.3 is 0 Å². The molecule has 1 saturated heterocycles. The van der Waals surface area contributed by atoms with Crippen LogP contribution >= 0.6 is 24.0 Å². The molecule has 2 heterocycles. The molecule has 0 amide bonds. The molecule has 0 bridgehead atoms. The van der Waals surface area contributed by atoms with Gasteiger partial charge in [0.1, 0.15) is 5.76 Å². The van der Waals surface area contributed by atoms with E-state index in [2.05, 4.69) is 29.4 Å². The fraction of sp³-hybridized carbons (Fsp3) is 0.762. The second kappa shape index (κ2) is 12.7. The molecule has 160 valence electrons. The Morgan fingerprint density at radius 3 is 2.64 bits per heavy atom. The SMILES string of the molecule is CC(C)C(CN=C(NCCc1ccco1)NC1CCCC1)N1CCOCC1.I. The normalized spacial score (nSPS) is 20.2. The van der Waals surface area contributed by atoms with Crippen molar-refractivity contribution >= 4 is 29.9 Å². The highest BCUT2D eigenvalue weighted by molar-refractivity contribution is 14.0. The van der Waals surface area contributed by atoms with Gasteiger partial charge in [0.25, 0.3) is 0 Å². The summed E-state index contributed by atoms with van der Waals surface area (Å²) < 4.78 is 11.0. The average molecular weight is 504 g/mol. The molecule has 1 saturated carbocycles. The van der Waals surface area contributed by atoms with Crippen LogP contribution < -0.4 is 10.6 Å². The molecule has 28 heavy (non-hydrogen) atoms. The van der Waals surface area contributed by atoms with E-state index < -0.39 is 0 Å². The molecule has 3 rings (SSSR count). The van der Waals surface area contributed by atoms with Crippen molar-refractivity contribution in [1.29, 1.82) is 0 Å². The monoisotopic (exact) mass is 504 g/mol. The lowest BCUT2D eigenvalue weighted by atomic mass is 10.0. The smallest absolute Gasteiger partial charge is 0.191 e. The number of hydrogen-bond acceptors (Lipinski definition) is 4. The average Bonchev–Trinajstić information content (AvgIpc) is 3.36. The number of morpholine rings is 1. The standard InChI is InChI=1S/C21H36N4O2.HI/c1-17(2)20(25-11-14-26-15-12-25)16-23-21(24-18-6-3-4-7-18)22-10-9-19-8-5-13-27-19;/h5,8,13,17-18,20H,3-4,6-7,9-12,14-16H2,1-2H3,(H2,22,23,24);1H. The Balaban J connectivity index is 0.00000280. The van der Waals surface area contributed by atoms with Crippen LogP contribution in [0.15, 0.2) is 27.8 Å². The highest BCUT2D eigenvalue weighted by Gasteiger charge is 2.24. The molecular formula is C21H37IN4O2. The van der Waals surface area contributed by atoms with Gasteiger partial charge in [-0.05, 0) is 30.9 Å². The van der Waals surface area contributed by atoms with Gasteiger partial charge in [-0.3, -0.25) is 9.89 Å². The predicted molar refractivity (Wildman–Crippen MR) is 125 cm³/mol. The fourth-order valence-electron chi connectivity index (χ4n) is 4.02. The first-order chi connectivity index (χ1) is 13.2. The summed E-state index contributed by atoms with van der Waals surface area (Å²) in [4.78, 5) is 7.52. The summed E-state index contributed by atoms with van der Waals surface area (Å²) in [6, 6.07) is 4.98. The zero-order valence-electron chi connectivity index (χ0n) is 17.4. The van der Waals surface area contributed by atoms with Gasteiger partial charge in [0.05, 0.1) is 26.0 Å². The number of guanidine groups is 1. The van der Waals surface area contributed by atoms with Gasteiger partial charge in [-0.1, -0.05) is 26.7 Å². The van der Waals surface area contributed by atoms with Gasteiger partial charge in [0.15, 0.2) is 5.96 Å². The first kappa shape index (κ1) is 23.5. The summed E-state index contributed by atoms with van der Waals surface area (Å²) in [6.45, 7) is 9.93. The Labute approximate surface area is 186 Å². The van der Waals surface area contributed by atoms with Crippen LogP contribution in [0.5, 0.6) is 0 Å². The summed E-state index contributed by atoms with van der Waals surface area (Å²) in [5.41, 5.74) is 0. The van der Waals surface area contributed by atoms with Crippen molar-refractivity contribution in [1.82, 2.24) is 15.5 Å². The van der Waals surface area contributed by atoms with Crippen LogP contribution in [0.25, 0.3) is 0 Å². The highest BCUT2D eigenvalue weighted by Crippen LogP contribution is 2.18. The number of rotatable bonds is 8. The minimum atomic E-state index is 0. The maximum absolute atomic E-state index is 5.52. The van der Waals surface area contributed by atoms with Gasteiger partial charge in [0, 0.05) is 38.1 Å². The van der Waals surface area contributed by atoms with E-state index in [9.17, 15) is 0 Å². The van der Waals surface area contributed by atoms with Crippen molar-refractivity contribution in [3.05, 3.63) is 24.2 Å². The molecule has 1 aromatic heterocycles. The van der Waals surface area contributed by atoms with Crippen LogP contribution in [0.1, 0.15) is 45.3 Å². The molecule has 6 nitrogen and oxygen atoms in total. The van der Waals surface area contributed by atoms with Crippen LogP contribution in [-0.2, 0) is 11.2 Å². The number of nitrogens with zero attached hydrogens (tertiary/aromatic N) is 2. The molecule has 1 atom stereocenters. The fourth-order valence-corrected chi connectivity index (χ4v) is 4.02. The van der Waals surface area contributed by atoms with E-state index in [0.29, 0.717) is 18.0 Å². The first-order valence-electron chi connectivity index (χ1n) is 10.6. The molecule has 2 fully saturated rings. The van der Waals surface area contributed by atoms with Crippen molar-refractivity contribution in [2.45, 2.75) is 58.0 Å². The molecule has 1 aliphatic carbocycles. The molecule has 0 radical (unpaired) electrons. The lowest BCUT2D eigenvalue weighted by Gasteiger charge is -2.36. The molecule has 1 unspecified atom stereocenters. The van der Waals surface area contributed by atoms with Gasteiger partial charge in [-0.15, -0.1) is 24.0 Å². The van der Waals surface area contributed by atoms with Crippen molar-refractivity contribution < 1.29 is 9.15 Å². The van der Waals surface area contributed by atoms with E-state index in [1.165, 1.54) is 25.7 Å².